The molecule has 0 N–H and O–H groups in total. The molecule has 0 unspecified atom stereocenters. The van der Waals surface area contributed by atoms with Gasteiger partial charge in [-0.25, -0.2) is 0 Å². The molecule has 2 heterocycles. The molecule has 0 fully saturated rings. The second-order valence-electron chi connectivity index (χ2n) is 5.88. The maximum atomic E-state index is 12.7. The maximum absolute atomic E-state index is 12.7. The van der Waals surface area contributed by atoms with Gasteiger partial charge in [0.25, 0.3) is 5.91 Å². The first-order valence-corrected chi connectivity index (χ1v) is 8.28. The summed E-state index contributed by atoms with van der Waals surface area (Å²) in [6, 6.07) is 7.47. The summed E-state index contributed by atoms with van der Waals surface area (Å²) in [7, 11) is 0. The van der Waals surface area contributed by atoms with E-state index in [0.29, 0.717) is 37.8 Å². The van der Waals surface area contributed by atoms with Gasteiger partial charge in [0.05, 0.1) is 0 Å². The quantitative estimate of drug-likeness (QED) is 0.814. The van der Waals surface area contributed by atoms with Crippen molar-refractivity contribution < 1.29 is 18.8 Å². The Balaban J connectivity index is 1.77. The molecule has 2 aromatic rings. The highest BCUT2D eigenvalue weighted by molar-refractivity contribution is 5.92. The number of fused-ring (bicyclic) bond motifs is 1. The lowest BCUT2D eigenvalue weighted by Crippen LogP contribution is -2.31. The van der Waals surface area contributed by atoms with E-state index in [-0.39, 0.29) is 5.91 Å². The highest BCUT2D eigenvalue weighted by atomic mass is 16.6. The summed E-state index contributed by atoms with van der Waals surface area (Å²) >= 11 is 0. The third-order valence-corrected chi connectivity index (χ3v) is 3.90. The average Bonchev–Trinajstić information content (AvgIpc) is 3.04. The minimum absolute atomic E-state index is 0.116. The van der Waals surface area contributed by atoms with Gasteiger partial charge in [0, 0.05) is 19.2 Å². The first kappa shape index (κ1) is 16.4. The number of carbonyl (C=O) groups excluding carboxylic acids is 1. The highest BCUT2D eigenvalue weighted by Crippen LogP contribution is 2.31. The zero-order valence-electron chi connectivity index (χ0n) is 14.1. The van der Waals surface area contributed by atoms with E-state index in [2.05, 4.69) is 12.1 Å². The Kier molecular flexibility index (Phi) is 5.03. The van der Waals surface area contributed by atoms with E-state index in [1.54, 1.807) is 17.9 Å². The van der Waals surface area contributed by atoms with Gasteiger partial charge in [0.15, 0.2) is 17.2 Å². The van der Waals surface area contributed by atoms with Crippen LogP contribution in [0.3, 0.4) is 0 Å². The van der Waals surface area contributed by atoms with Gasteiger partial charge in [-0.2, -0.15) is 0 Å². The average molecular weight is 330 g/mol. The standard InChI is InChI=1S/C18H22N2O4/c1-3-4-7-20(18(21)15-10-13(2)24-19-15)12-14-5-6-16-17(11-14)23-9-8-22-16/h5-6,10-11H,3-4,7-9,12H2,1-2H3. The number of carbonyl (C=O) groups is 1. The molecule has 6 heteroatoms. The van der Waals surface area contributed by atoms with E-state index in [1.807, 2.05) is 18.2 Å². The van der Waals surface area contributed by atoms with Gasteiger partial charge in [-0.15, -0.1) is 0 Å². The van der Waals surface area contributed by atoms with Crippen LogP contribution < -0.4 is 9.47 Å². The number of benzene rings is 1. The number of ether oxygens (including phenoxy) is 2. The summed E-state index contributed by atoms with van der Waals surface area (Å²) in [6.07, 6.45) is 1.95. The lowest BCUT2D eigenvalue weighted by molar-refractivity contribution is 0.0730. The molecule has 1 amide bonds. The summed E-state index contributed by atoms with van der Waals surface area (Å²) in [5, 5.41) is 3.85. The van der Waals surface area contributed by atoms with Crippen molar-refractivity contribution in [2.45, 2.75) is 33.2 Å². The van der Waals surface area contributed by atoms with E-state index in [9.17, 15) is 4.79 Å². The summed E-state index contributed by atoms with van der Waals surface area (Å²) in [4.78, 5) is 14.5. The second-order valence-corrected chi connectivity index (χ2v) is 5.88. The molecule has 0 aliphatic carbocycles. The number of rotatable bonds is 6. The molecule has 1 aromatic carbocycles. The van der Waals surface area contributed by atoms with Crippen molar-refractivity contribution in [2.24, 2.45) is 0 Å². The second kappa shape index (κ2) is 7.38. The summed E-state index contributed by atoms with van der Waals surface area (Å²) in [5.41, 5.74) is 1.35. The van der Waals surface area contributed by atoms with Crippen molar-refractivity contribution in [3.63, 3.8) is 0 Å². The van der Waals surface area contributed by atoms with Gasteiger partial charge in [-0.1, -0.05) is 24.6 Å². The van der Waals surface area contributed by atoms with Crippen molar-refractivity contribution in [3.05, 3.63) is 41.3 Å². The van der Waals surface area contributed by atoms with Gasteiger partial charge < -0.3 is 18.9 Å². The molecular formula is C18H22N2O4. The molecule has 0 bridgehead atoms. The van der Waals surface area contributed by atoms with Gasteiger partial charge in [-0.05, 0) is 31.0 Å². The zero-order valence-corrected chi connectivity index (χ0v) is 14.1. The van der Waals surface area contributed by atoms with Crippen LogP contribution in [0.2, 0.25) is 0 Å². The van der Waals surface area contributed by atoms with Crippen LogP contribution in [0, 0.1) is 6.92 Å². The van der Waals surface area contributed by atoms with Crippen LogP contribution in [0.1, 0.15) is 41.6 Å². The molecule has 0 saturated carbocycles. The predicted octanol–water partition coefficient (Wildman–Crippen LogP) is 3.20. The molecule has 1 aliphatic heterocycles. The Morgan fingerprint density at radius 3 is 2.71 bits per heavy atom. The van der Waals surface area contributed by atoms with Crippen molar-refractivity contribution in [1.29, 1.82) is 0 Å². The molecule has 0 atom stereocenters. The Labute approximate surface area is 141 Å². The molecule has 0 radical (unpaired) electrons. The Morgan fingerprint density at radius 2 is 2.00 bits per heavy atom. The molecule has 1 aliphatic rings. The summed E-state index contributed by atoms with van der Waals surface area (Å²) in [5.74, 6) is 2.01. The molecule has 1 aromatic heterocycles. The zero-order chi connectivity index (χ0) is 16.9. The number of aryl methyl sites for hydroxylation is 1. The molecule has 0 spiro atoms. The van der Waals surface area contributed by atoms with Crippen LogP contribution in [0.4, 0.5) is 0 Å². The Bertz CT molecular complexity index is 711. The van der Waals surface area contributed by atoms with Gasteiger partial charge in [-0.3, -0.25) is 4.79 Å². The van der Waals surface area contributed by atoms with Crippen molar-refractivity contribution >= 4 is 5.91 Å². The highest BCUT2D eigenvalue weighted by Gasteiger charge is 2.20. The maximum Gasteiger partial charge on any atom is 0.276 e. The minimum atomic E-state index is -0.116. The van der Waals surface area contributed by atoms with E-state index in [0.717, 1.165) is 29.9 Å². The minimum Gasteiger partial charge on any atom is -0.486 e. The van der Waals surface area contributed by atoms with Crippen LogP contribution >= 0.6 is 0 Å². The number of hydrogen-bond acceptors (Lipinski definition) is 5. The van der Waals surface area contributed by atoms with Crippen molar-refractivity contribution in [2.75, 3.05) is 19.8 Å². The molecular weight excluding hydrogens is 308 g/mol. The molecule has 0 saturated heterocycles. The van der Waals surface area contributed by atoms with Gasteiger partial charge >= 0.3 is 0 Å². The van der Waals surface area contributed by atoms with Gasteiger partial charge in [0.1, 0.15) is 19.0 Å². The number of nitrogens with zero attached hydrogens (tertiary/aromatic N) is 2. The molecule has 128 valence electrons. The lowest BCUT2D eigenvalue weighted by Gasteiger charge is -2.23. The number of unbranched alkanes of at least 4 members (excludes halogenated alkanes) is 1. The lowest BCUT2D eigenvalue weighted by atomic mass is 10.1. The fourth-order valence-electron chi connectivity index (χ4n) is 2.64. The first-order valence-electron chi connectivity index (χ1n) is 8.28. The van der Waals surface area contributed by atoms with Crippen molar-refractivity contribution in [3.8, 4) is 11.5 Å². The van der Waals surface area contributed by atoms with Crippen LogP contribution in [0.25, 0.3) is 0 Å². The summed E-state index contributed by atoms with van der Waals surface area (Å²) < 4.78 is 16.2. The van der Waals surface area contributed by atoms with Crippen LogP contribution in [0.5, 0.6) is 11.5 Å². The molecule has 3 rings (SSSR count). The smallest absolute Gasteiger partial charge is 0.276 e. The number of amides is 1. The normalized spacial score (nSPS) is 12.9. The summed E-state index contributed by atoms with van der Waals surface area (Å²) in [6.45, 7) is 6.18. The van der Waals surface area contributed by atoms with E-state index >= 15 is 0 Å². The molecule has 24 heavy (non-hydrogen) atoms. The van der Waals surface area contributed by atoms with Gasteiger partial charge in [0.2, 0.25) is 0 Å². The first-order chi connectivity index (χ1) is 11.7. The predicted molar refractivity (Wildman–Crippen MR) is 88.3 cm³/mol. The fourth-order valence-corrected chi connectivity index (χ4v) is 2.64. The van der Waals surface area contributed by atoms with E-state index < -0.39 is 0 Å². The Morgan fingerprint density at radius 1 is 1.21 bits per heavy atom. The SMILES string of the molecule is CCCCN(Cc1ccc2c(c1)OCCO2)C(=O)c1cc(C)on1. The monoisotopic (exact) mass is 330 g/mol. The number of hydrogen-bond donors (Lipinski definition) is 0. The Hall–Kier alpha value is -2.50. The van der Waals surface area contributed by atoms with Crippen molar-refractivity contribution in [1.82, 2.24) is 10.1 Å². The third kappa shape index (κ3) is 3.69. The number of aromatic nitrogens is 1. The van der Waals surface area contributed by atoms with Crippen LogP contribution in [-0.4, -0.2) is 35.7 Å². The third-order valence-electron chi connectivity index (χ3n) is 3.90. The van der Waals surface area contributed by atoms with Crippen LogP contribution in [0.15, 0.2) is 28.8 Å². The van der Waals surface area contributed by atoms with E-state index in [4.69, 9.17) is 14.0 Å². The van der Waals surface area contributed by atoms with E-state index in [1.165, 1.54) is 0 Å². The van der Waals surface area contributed by atoms with Crippen LogP contribution in [-0.2, 0) is 6.54 Å². The topological polar surface area (TPSA) is 64.8 Å². The molecule has 6 nitrogen and oxygen atoms in total. The fraction of sp³-hybridized carbons (Fsp3) is 0.444. The largest absolute Gasteiger partial charge is 0.486 e.